The highest BCUT2D eigenvalue weighted by Gasteiger charge is 2.17. The normalized spacial score (nSPS) is 11.8. The standard InChI is InChI=1S/C17H22N2O/c1-17(2,20)18-19(13-15-9-5-3-6-10-15)14-16-11-7-4-8-12-16/h3-12,18,20H,13-14H2,1-2H3. The molecule has 2 aromatic carbocycles. The monoisotopic (exact) mass is 270 g/mol. The Balaban J connectivity index is 2.08. The average molecular weight is 270 g/mol. The Kier molecular flexibility index (Phi) is 4.90. The number of rotatable bonds is 6. The van der Waals surface area contributed by atoms with Gasteiger partial charge in [-0.25, -0.2) is 10.4 Å². The molecule has 0 aliphatic rings. The van der Waals surface area contributed by atoms with Gasteiger partial charge in [-0.2, -0.15) is 0 Å². The van der Waals surface area contributed by atoms with Crippen LogP contribution in [0.2, 0.25) is 0 Å². The van der Waals surface area contributed by atoms with E-state index in [1.54, 1.807) is 13.8 Å². The van der Waals surface area contributed by atoms with Crippen molar-refractivity contribution in [2.24, 2.45) is 0 Å². The highest BCUT2D eigenvalue weighted by molar-refractivity contribution is 5.16. The molecule has 0 aromatic heterocycles. The van der Waals surface area contributed by atoms with E-state index in [1.807, 2.05) is 41.4 Å². The Morgan fingerprint density at radius 2 is 1.25 bits per heavy atom. The minimum atomic E-state index is -0.941. The van der Waals surface area contributed by atoms with Crippen molar-refractivity contribution in [2.45, 2.75) is 32.7 Å². The third kappa shape index (κ3) is 5.13. The lowest BCUT2D eigenvalue weighted by molar-refractivity contribution is -0.0423. The Hall–Kier alpha value is -1.68. The zero-order chi connectivity index (χ0) is 14.4. The Bertz CT molecular complexity index is 464. The van der Waals surface area contributed by atoms with Gasteiger partial charge in [-0.15, -0.1) is 0 Å². The van der Waals surface area contributed by atoms with Crippen molar-refractivity contribution >= 4 is 0 Å². The van der Waals surface area contributed by atoms with E-state index in [4.69, 9.17) is 0 Å². The molecule has 0 bridgehead atoms. The van der Waals surface area contributed by atoms with E-state index in [0.29, 0.717) is 0 Å². The van der Waals surface area contributed by atoms with Crippen LogP contribution >= 0.6 is 0 Å². The zero-order valence-corrected chi connectivity index (χ0v) is 12.1. The van der Waals surface area contributed by atoms with Gasteiger partial charge in [0, 0.05) is 13.1 Å². The average Bonchev–Trinajstić information content (AvgIpc) is 2.39. The first kappa shape index (κ1) is 14.7. The fourth-order valence-corrected chi connectivity index (χ4v) is 2.13. The minimum Gasteiger partial charge on any atom is -0.375 e. The van der Waals surface area contributed by atoms with Crippen LogP contribution in [0, 0.1) is 0 Å². The van der Waals surface area contributed by atoms with Crippen LogP contribution in [0.1, 0.15) is 25.0 Å². The molecule has 0 spiro atoms. The van der Waals surface area contributed by atoms with Gasteiger partial charge < -0.3 is 5.11 Å². The summed E-state index contributed by atoms with van der Waals surface area (Å²) in [5, 5.41) is 12.0. The van der Waals surface area contributed by atoms with Gasteiger partial charge in [0.15, 0.2) is 0 Å². The molecule has 0 saturated carbocycles. The summed E-state index contributed by atoms with van der Waals surface area (Å²) in [5.41, 5.74) is 4.62. The van der Waals surface area contributed by atoms with Crippen molar-refractivity contribution in [3.63, 3.8) is 0 Å². The van der Waals surface area contributed by atoms with E-state index in [1.165, 1.54) is 11.1 Å². The third-order valence-corrected chi connectivity index (χ3v) is 2.86. The second kappa shape index (κ2) is 6.66. The molecule has 0 unspecified atom stereocenters. The maximum Gasteiger partial charge on any atom is 0.122 e. The summed E-state index contributed by atoms with van der Waals surface area (Å²) >= 11 is 0. The second-order valence-electron chi connectivity index (χ2n) is 5.50. The summed E-state index contributed by atoms with van der Waals surface area (Å²) in [6.07, 6.45) is 0. The zero-order valence-electron chi connectivity index (χ0n) is 12.1. The van der Waals surface area contributed by atoms with E-state index in [-0.39, 0.29) is 0 Å². The third-order valence-electron chi connectivity index (χ3n) is 2.86. The van der Waals surface area contributed by atoms with E-state index in [9.17, 15) is 5.11 Å². The molecule has 2 rings (SSSR count). The van der Waals surface area contributed by atoms with Crippen LogP contribution in [0.5, 0.6) is 0 Å². The lowest BCUT2D eigenvalue weighted by atomic mass is 10.2. The summed E-state index contributed by atoms with van der Waals surface area (Å²) < 4.78 is 0. The summed E-state index contributed by atoms with van der Waals surface area (Å²) in [5.74, 6) is 0. The van der Waals surface area contributed by atoms with Crippen molar-refractivity contribution in [3.05, 3.63) is 71.8 Å². The van der Waals surface area contributed by atoms with Crippen molar-refractivity contribution in [2.75, 3.05) is 0 Å². The highest BCUT2D eigenvalue weighted by Crippen LogP contribution is 2.10. The first-order chi connectivity index (χ1) is 9.53. The van der Waals surface area contributed by atoms with Crippen molar-refractivity contribution < 1.29 is 5.11 Å². The molecule has 0 amide bonds. The summed E-state index contributed by atoms with van der Waals surface area (Å²) in [6, 6.07) is 20.5. The molecular formula is C17H22N2O. The molecular weight excluding hydrogens is 248 g/mol. The molecule has 0 atom stereocenters. The van der Waals surface area contributed by atoms with Gasteiger partial charge in [0.25, 0.3) is 0 Å². The lowest BCUT2D eigenvalue weighted by Gasteiger charge is -2.30. The summed E-state index contributed by atoms with van der Waals surface area (Å²) in [7, 11) is 0. The molecule has 20 heavy (non-hydrogen) atoms. The number of benzene rings is 2. The molecule has 3 heteroatoms. The molecule has 3 nitrogen and oxygen atoms in total. The van der Waals surface area contributed by atoms with E-state index in [2.05, 4.69) is 29.7 Å². The van der Waals surface area contributed by atoms with Crippen molar-refractivity contribution in [1.82, 2.24) is 10.4 Å². The topological polar surface area (TPSA) is 35.5 Å². The van der Waals surface area contributed by atoms with E-state index < -0.39 is 5.72 Å². The van der Waals surface area contributed by atoms with Gasteiger partial charge in [0.05, 0.1) is 0 Å². The fourth-order valence-electron chi connectivity index (χ4n) is 2.13. The molecule has 0 radical (unpaired) electrons. The molecule has 2 aromatic rings. The minimum absolute atomic E-state index is 0.736. The predicted molar refractivity (Wildman–Crippen MR) is 81.6 cm³/mol. The Labute approximate surface area is 120 Å². The molecule has 2 N–H and O–H groups in total. The number of hydrazine groups is 1. The molecule has 0 aliphatic heterocycles. The van der Waals surface area contributed by atoms with Gasteiger partial charge in [-0.05, 0) is 25.0 Å². The van der Waals surface area contributed by atoms with E-state index >= 15 is 0 Å². The van der Waals surface area contributed by atoms with Crippen LogP contribution in [0.4, 0.5) is 0 Å². The molecule has 106 valence electrons. The van der Waals surface area contributed by atoms with Crippen molar-refractivity contribution in [3.8, 4) is 0 Å². The maximum absolute atomic E-state index is 9.99. The first-order valence-corrected chi connectivity index (χ1v) is 6.86. The molecule has 0 saturated heterocycles. The Morgan fingerprint density at radius 3 is 1.60 bits per heavy atom. The quantitative estimate of drug-likeness (QED) is 0.626. The maximum atomic E-state index is 9.99. The van der Waals surface area contributed by atoms with Crippen LogP contribution in [0.3, 0.4) is 0 Å². The van der Waals surface area contributed by atoms with Gasteiger partial charge in [0.1, 0.15) is 5.72 Å². The second-order valence-corrected chi connectivity index (χ2v) is 5.50. The van der Waals surface area contributed by atoms with Crippen LogP contribution in [0.25, 0.3) is 0 Å². The molecule has 0 aliphatic carbocycles. The van der Waals surface area contributed by atoms with Crippen molar-refractivity contribution in [1.29, 1.82) is 0 Å². The summed E-state index contributed by atoms with van der Waals surface area (Å²) in [4.78, 5) is 0. The number of aliphatic hydroxyl groups is 1. The molecule has 0 fully saturated rings. The fraction of sp³-hybridized carbons (Fsp3) is 0.294. The van der Waals surface area contributed by atoms with Crippen LogP contribution in [-0.4, -0.2) is 15.8 Å². The largest absolute Gasteiger partial charge is 0.375 e. The van der Waals surface area contributed by atoms with Gasteiger partial charge in [-0.3, -0.25) is 0 Å². The first-order valence-electron chi connectivity index (χ1n) is 6.86. The SMILES string of the molecule is CC(C)(O)NN(Cc1ccccc1)Cc1ccccc1. The smallest absolute Gasteiger partial charge is 0.122 e. The van der Waals surface area contributed by atoms with Crippen LogP contribution in [0.15, 0.2) is 60.7 Å². The van der Waals surface area contributed by atoms with Gasteiger partial charge in [0.2, 0.25) is 0 Å². The molecule has 0 heterocycles. The number of nitrogens with zero attached hydrogens (tertiary/aromatic N) is 1. The van der Waals surface area contributed by atoms with Crippen LogP contribution in [-0.2, 0) is 13.1 Å². The van der Waals surface area contributed by atoms with Crippen LogP contribution < -0.4 is 5.43 Å². The lowest BCUT2D eigenvalue weighted by Crippen LogP contribution is -2.50. The van der Waals surface area contributed by atoms with E-state index in [0.717, 1.165) is 13.1 Å². The predicted octanol–water partition coefficient (Wildman–Crippen LogP) is 2.92. The van der Waals surface area contributed by atoms with Gasteiger partial charge >= 0.3 is 0 Å². The highest BCUT2D eigenvalue weighted by atomic mass is 16.3. The van der Waals surface area contributed by atoms with Gasteiger partial charge in [-0.1, -0.05) is 60.7 Å². The number of nitrogens with one attached hydrogen (secondary N) is 1. The Morgan fingerprint density at radius 1 is 0.850 bits per heavy atom. The summed E-state index contributed by atoms with van der Waals surface area (Å²) in [6.45, 7) is 4.96. The number of hydrogen-bond donors (Lipinski definition) is 2. The number of hydrogen-bond acceptors (Lipinski definition) is 3.